The van der Waals surface area contributed by atoms with Crippen molar-refractivity contribution in [3.63, 3.8) is 0 Å². The Labute approximate surface area is 124 Å². The van der Waals surface area contributed by atoms with Crippen LogP contribution in [0.3, 0.4) is 0 Å². The van der Waals surface area contributed by atoms with Gasteiger partial charge in [0.2, 0.25) is 0 Å². The molecule has 0 aliphatic heterocycles. The molecule has 0 spiro atoms. The van der Waals surface area contributed by atoms with E-state index in [4.69, 9.17) is 23.8 Å². The van der Waals surface area contributed by atoms with Crippen molar-refractivity contribution in [1.82, 2.24) is 10.3 Å². The number of anilines is 1. The van der Waals surface area contributed by atoms with E-state index >= 15 is 0 Å². The maximum absolute atomic E-state index is 6.00. The summed E-state index contributed by atoms with van der Waals surface area (Å²) in [6.07, 6.45) is 10.2. The van der Waals surface area contributed by atoms with Gasteiger partial charge in [0.05, 0.1) is 5.02 Å². The molecule has 102 valence electrons. The van der Waals surface area contributed by atoms with Crippen LogP contribution >= 0.6 is 23.8 Å². The van der Waals surface area contributed by atoms with Crippen LogP contribution in [0.2, 0.25) is 5.02 Å². The molecule has 0 saturated carbocycles. The predicted octanol–water partition coefficient (Wildman–Crippen LogP) is 3.91. The Hall–Kier alpha value is -1.13. The zero-order valence-electron chi connectivity index (χ0n) is 10.8. The van der Waals surface area contributed by atoms with Gasteiger partial charge >= 0.3 is 0 Å². The Morgan fingerprint density at radius 1 is 1.42 bits per heavy atom. The van der Waals surface area contributed by atoms with Crippen LogP contribution < -0.4 is 10.6 Å². The molecule has 1 aliphatic carbocycles. The van der Waals surface area contributed by atoms with Crippen LogP contribution in [0.1, 0.15) is 32.1 Å². The molecule has 2 rings (SSSR count). The summed E-state index contributed by atoms with van der Waals surface area (Å²) in [7, 11) is 0. The monoisotopic (exact) mass is 295 g/mol. The Bertz CT molecular complexity index is 474. The van der Waals surface area contributed by atoms with Gasteiger partial charge in [-0.25, -0.2) is 4.98 Å². The van der Waals surface area contributed by atoms with Gasteiger partial charge in [0.15, 0.2) is 10.9 Å². The van der Waals surface area contributed by atoms with Crippen molar-refractivity contribution >= 4 is 34.7 Å². The Morgan fingerprint density at radius 2 is 2.32 bits per heavy atom. The molecule has 0 atom stereocenters. The SMILES string of the molecule is S=C(NCCC1=CCCCC1)Nc1ncccc1Cl. The Morgan fingerprint density at radius 3 is 3.05 bits per heavy atom. The van der Waals surface area contributed by atoms with Crippen molar-refractivity contribution in [2.75, 3.05) is 11.9 Å². The fourth-order valence-corrected chi connectivity index (χ4v) is 2.47. The van der Waals surface area contributed by atoms with E-state index in [-0.39, 0.29) is 0 Å². The number of nitrogens with one attached hydrogen (secondary N) is 2. The van der Waals surface area contributed by atoms with Gasteiger partial charge < -0.3 is 10.6 Å². The normalized spacial score (nSPS) is 14.7. The number of rotatable bonds is 4. The maximum atomic E-state index is 6.00. The van der Waals surface area contributed by atoms with Gasteiger partial charge in [-0.05, 0) is 56.5 Å². The minimum absolute atomic E-state index is 0.567. The number of pyridine rings is 1. The molecule has 1 aromatic rings. The molecule has 1 aromatic heterocycles. The molecule has 2 N–H and O–H groups in total. The summed E-state index contributed by atoms with van der Waals surface area (Å²) in [5, 5.41) is 7.33. The fourth-order valence-electron chi connectivity index (χ4n) is 2.10. The van der Waals surface area contributed by atoms with E-state index in [1.807, 2.05) is 0 Å². The summed E-state index contributed by atoms with van der Waals surface area (Å²) in [6, 6.07) is 3.58. The van der Waals surface area contributed by atoms with E-state index < -0.39 is 0 Å². The van der Waals surface area contributed by atoms with Gasteiger partial charge in [-0.3, -0.25) is 0 Å². The second-order valence-electron chi connectivity index (χ2n) is 4.57. The number of halogens is 1. The molecule has 1 heterocycles. The first-order valence-corrected chi connectivity index (χ1v) is 7.37. The zero-order valence-corrected chi connectivity index (χ0v) is 12.4. The summed E-state index contributed by atoms with van der Waals surface area (Å²) in [5.74, 6) is 0.596. The lowest BCUT2D eigenvalue weighted by atomic mass is 9.97. The molecule has 0 aromatic carbocycles. The van der Waals surface area contributed by atoms with Crippen molar-refractivity contribution in [2.24, 2.45) is 0 Å². The number of hydrogen-bond acceptors (Lipinski definition) is 2. The molecule has 19 heavy (non-hydrogen) atoms. The number of allylic oxidation sites excluding steroid dienone is 1. The highest BCUT2D eigenvalue weighted by Gasteiger charge is 2.05. The highest BCUT2D eigenvalue weighted by molar-refractivity contribution is 7.80. The standard InChI is InChI=1S/C14H18ClN3S/c15-12-7-4-9-16-13(12)18-14(19)17-10-8-11-5-2-1-3-6-11/h4-5,7,9H,1-3,6,8,10H2,(H2,16,17,18,19). The molecule has 0 radical (unpaired) electrons. The highest BCUT2D eigenvalue weighted by atomic mass is 35.5. The number of nitrogens with zero attached hydrogens (tertiary/aromatic N) is 1. The van der Waals surface area contributed by atoms with Crippen molar-refractivity contribution in [1.29, 1.82) is 0 Å². The smallest absolute Gasteiger partial charge is 0.171 e. The average molecular weight is 296 g/mol. The van der Waals surface area contributed by atoms with E-state index in [2.05, 4.69) is 21.7 Å². The molecule has 3 nitrogen and oxygen atoms in total. The van der Waals surface area contributed by atoms with Gasteiger partial charge in [-0.1, -0.05) is 23.3 Å². The van der Waals surface area contributed by atoms with Gasteiger partial charge in [0, 0.05) is 12.7 Å². The molecule has 0 amide bonds. The second kappa shape index (κ2) is 7.46. The van der Waals surface area contributed by atoms with Gasteiger partial charge in [-0.2, -0.15) is 0 Å². The van der Waals surface area contributed by atoms with Gasteiger partial charge in [-0.15, -0.1) is 0 Å². The topological polar surface area (TPSA) is 37.0 Å². The van der Waals surface area contributed by atoms with Crippen LogP contribution in [0.15, 0.2) is 30.0 Å². The molecule has 0 bridgehead atoms. The van der Waals surface area contributed by atoms with Crippen LogP contribution in [-0.4, -0.2) is 16.6 Å². The van der Waals surface area contributed by atoms with Crippen molar-refractivity contribution in [3.8, 4) is 0 Å². The summed E-state index contributed by atoms with van der Waals surface area (Å²) in [4.78, 5) is 4.13. The molecule has 1 aliphatic rings. The Balaban J connectivity index is 1.73. The van der Waals surface area contributed by atoms with Crippen LogP contribution in [0, 0.1) is 0 Å². The third-order valence-electron chi connectivity index (χ3n) is 3.11. The van der Waals surface area contributed by atoms with Crippen LogP contribution in [0.5, 0.6) is 0 Å². The lowest BCUT2D eigenvalue weighted by Crippen LogP contribution is -2.30. The van der Waals surface area contributed by atoms with E-state index in [0.717, 1.165) is 13.0 Å². The lowest BCUT2D eigenvalue weighted by Gasteiger charge is -2.14. The van der Waals surface area contributed by atoms with Crippen LogP contribution in [0.25, 0.3) is 0 Å². The second-order valence-corrected chi connectivity index (χ2v) is 5.39. The lowest BCUT2D eigenvalue weighted by molar-refractivity contribution is 0.669. The fraction of sp³-hybridized carbons (Fsp3) is 0.429. The summed E-state index contributed by atoms with van der Waals surface area (Å²) in [5.41, 5.74) is 1.54. The first kappa shape index (κ1) is 14.3. The molecule has 0 unspecified atom stereocenters. The van der Waals surface area contributed by atoms with E-state index in [1.165, 1.54) is 31.3 Å². The molecular formula is C14H18ClN3S. The summed E-state index contributed by atoms with van der Waals surface area (Å²) < 4.78 is 0. The van der Waals surface area contributed by atoms with Crippen molar-refractivity contribution in [3.05, 3.63) is 35.0 Å². The van der Waals surface area contributed by atoms with Gasteiger partial charge in [0.25, 0.3) is 0 Å². The average Bonchev–Trinajstić information content (AvgIpc) is 2.43. The maximum Gasteiger partial charge on any atom is 0.171 e. The first-order valence-electron chi connectivity index (χ1n) is 6.59. The highest BCUT2D eigenvalue weighted by Crippen LogP contribution is 2.19. The number of hydrogen-bond donors (Lipinski definition) is 2. The predicted molar refractivity (Wildman–Crippen MR) is 84.6 cm³/mol. The third kappa shape index (κ3) is 4.80. The van der Waals surface area contributed by atoms with Crippen LogP contribution in [-0.2, 0) is 0 Å². The summed E-state index contributed by atoms with van der Waals surface area (Å²) >= 11 is 11.2. The molecule has 5 heteroatoms. The van der Waals surface area contributed by atoms with E-state index in [0.29, 0.717) is 16.0 Å². The van der Waals surface area contributed by atoms with Crippen molar-refractivity contribution < 1.29 is 0 Å². The van der Waals surface area contributed by atoms with E-state index in [1.54, 1.807) is 18.3 Å². The number of aromatic nitrogens is 1. The van der Waals surface area contributed by atoms with Crippen LogP contribution in [0.4, 0.5) is 5.82 Å². The molecular weight excluding hydrogens is 278 g/mol. The Kier molecular flexibility index (Phi) is 5.61. The third-order valence-corrected chi connectivity index (χ3v) is 3.66. The van der Waals surface area contributed by atoms with Gasteiger partial charge in [0.1, 0.15) is 0 Å². The minimum atomic E-state index is 0.567. The minimum Gasteiger partial charge on any atom is -0.362 e. The largest absolute Gasteiger partial charge is 0.362 e. The first-order chi connectivity index (χ1) is 9.25. The number of thiocarbonyl (C=S) groups is 1. The quantitative estimate of drug-likeness (QED) is 0.652. The van der Waals surface area contributed by atoms with E-state index in [9.17, 15) is 0 Å². The molecule has 0 saturated heterocycles. The molecule has 0 fully saturated rings. The van der Waals surface area contributed by atoms with Crippen molar-refractivity contribution in [2.45, 2.75) is 32.1 Å². The zero-order chi connectivity index (χ0) is 13.5. The summed E-state index contributed by atoms with van der Waals surface area (Å²) in [6.45, 7) is 0.849.